The fourth-order valence-corrected chi connectivity index (χ4v) is 2.17. The molecule has 1 fully saturated rings. The van der Waals surface area contributed by atoms with Crippen LogP contribution in [-0.4, -0.2) is 42.4 Å². The van der Waals surface area contributed by atoms with Crippen molar-refractivity contribution >= 4 is 11.8 Å². The minimum absolute atomic E-state index is 0.0329. The second-order valence-electron chi connectivity index (χ2n) is 4.82. The third-order valence-electron chi connectivity index (χ3n) is 3.29. The van der Waals surface area contributed by atoms with E-state index in [2.05, 4.69) is 10.6 Å². The Kier molecular flexibility index (Phi) is 4.68. The average molecular weight is 279 g/mol. The van der Waals surface area contributed by atoms with E-state index in [1.807, 2.05) is 0 Å². The highest BCUT2D eigenvalue weighted by Crippen LogP contribution is 2.04. The van der Waals surface area contributed by atoms with Crippen LogP contribution in [0.15, 0.2) is 24.3 Å². The van der Waals surface area contributed by atoms with Crippen molar-refractivity contribution in [2.75, 3.05) is 19.6 Å². The summed E-state index contributed by atoms with van der Waals surface area (Å²) < 4.78 is 13.0. The van der Waals surface area contributed by atoms with E-state index in [0.717, 1.165) is 0 Å². The van der Waals surface area contributed by atoms with Crippen LogP contribution < -0.4 is 10.6 Å². The standard InChI is InChI=1S/C14H18FN3O2/c1-10(19)18-6-5-16-13(9-18)14(20)17-8-11-3-2-4-12(15)7-11/h2-4,7,13,16H,5-6,8-9H2,1H3,(H,17,20). The van der Waals surface area contributed by atoms with Gasteiger partial charge < -0.3 is 15.5 Å². The van der Waals surface area contributed by atoms with Crippen molar-refractivity contribution in [3.63, 3.8) is 0 Å². The van der Waals surface area contributed by atoms with Gasteiger partial charge in [0.15, 0.2) is 0 Å². The van der Waals surface area contributed by atoms with Gasteiger partial charge in [-0.3, -0.25) is 9.59 Å². The normalized spacial score (nSPS) is 18.7. The summed E-state index contributed by atoms with van der Waals surface area (Å²) in [5.74, 6) is -0.537. The molecular formula is C14H18FN3O2. The van der Waals surface area contributed by atoms with Gasteiger partial charge in [-0.15, -0.1) is 0 Å². The summed E-state index contributed by atoms with van der Waals surface area (Å²) in [6.07, 6.45) is 0. The molecule has 2 N–H and O–H groups in total. The topological polar surface area (TPSA) is 61.4 Å². The predicted octanol–water partition coefficient (Wildman–Crippen LogP) is 0.262. The zero-order valence-electron chi connectivity index (χ0n) is 11.4. The number of rotatable bonds is 3. The first-order valence-corrected chi connectivity index (χ1v) is 6.57. The summed E-state index contributed by atoms with van der Waals surface area (Å²) in [6, 6.07) is 5.68. The molecule has 0 aliphatic carbocycles. The number of carbonyl (C=O) groups excluding carboxylic acids is 2. The molecule has 0 radical (unpaired) electrons. The molecule has 1 unspecified atom stereocenters. The Morgan fingerprint density at radius 2 is 2.30 bits per heavy atom. The zero-order chi connectivity index (χ0) is 14.5. The highest BCUT2D eigenvalue weighted by molar-refractivity contribution is 5.83. The Labute approximate surface area is 117 Å². The first kappa shape index (κ1) is 14.5. The van der Waals surface area contributed by atoms with Crippen molar-refractivity contribution in [1.82, 2.24) is 15.5 Å². The molecule has 0 spiro atoms. The van der Waals surface area contributed by atoms with Crippen molar-refractivity contribution in [2.24, 2.45) is 0 Å². The third kappa shape index (κ3) is 3.77. The molecular weight excluding hydrogens is 261 g/mol. The maximum absolute atomic E-state index is 13.0. The van der Waals surface area contributed by atoms with Gasteiger partial charge in [0.1, 0.15) is 11.9 Å². The molecule has 1 heterocycles. The average Bonchev–Trinajstić information content (AvgIpc) is 2.45. The summed E-state index contributed by atoms with van der Waals surface area (Å²) in [5, 5.41) is 5.82. The van der Waals surface area contributed by atoms with E-state index in [1.165, 1.54) is 19.1 Å². The summed E-state index contributed by atoms with van der Waals surface area (Å²) in [7, 11) is 0. The zero-order valence-corrected chi connectivity index (χ0v) is 11.4. The smallest absolute Gasteiger partial charge is 0.239 e. The van der Waals surface area contributed by atoms with Crippen molar-refractivity contribution in [2.45, 2.75) is 19.5 Å². The molecule has 1 aliphatic rings. The minimum atomic E-state index is -0.416. The molecule has 2 rings (SSSR count). The molecule has 0 saturated carbocycles. The van der Waals surface area contributed by atoms with Gasteiger partial charge in [-0.2, -0.15) is 0 Å². The highest BCUT2D eigenvalue weighted by Gasteiger charge is 2.26. The molecule has 1 aliphatic heterocycles. The Balaban J connectivity index is 1.87. The van der Waals surface area contributed by atoms with Crippen LogP contribution in [0.4, 0.5) is 4.39 Å². The van der Waals surface area contributed by atoms with Crippen molar-refractivity contribution in [3.05, 3.63) is 35.6 Å². The highest BCUT2D eigenvalue weighted by atomic mass is 19.1. The lowest BCUT2D eigenvalue weighted by Crippen LogP contribution is -2.57. The molecule has 108 valence electrons. The monoisotopic (exact) mass is 279 g/mol. The number of carbonyl (C=O) groups is 2. The quantitative estimate of drug-likeness (QED) is 0.834. The van der Waals surface area contributed by atoms with Crippen LogP contribution in [0.3, 0.4) is 0 Å². The largest absolute Gasteiger partial charge is 0.351 e. The number of hydrogen-bond acceptors (Lipinski definition) is 3. The Morgan fingerprint density at radius 3 is 3.00 bits per heavy atom. The maximum atomic E-state index is 13.0. The number of benzene rings is 1. The van der Waals surface area contributed by atoms with E-state index in [-0.39, 0.29) is 24.2 Å². The van der Waals surface area contributed by atoms with Crippen molar-refractivity contribution in [1.29, 1.82) is 0 Å². The van der Waals surface area contributed by atoms with Gasteiger partial charge in [0.2, 0.25) is 11.8 Å². The van der Waals surface area contributed by atoms with E-state index in [4.69, 9.17) is 0 Å². The van der Waals surface area contributed by atoms with Crippen LogP contribution in [-0.2, 0) is 16.1 Å². The summed E-state index contributed by atoms with van der Waals surface area (Å²) in [4.78, 5) is 25.0. The van der Waals surface area contributed by atoms with Crippen LogP contribution in [0.5, 0.6) is 0 Å². The lowest BCUT2D eigenvalue weighted by molar-refractivity contribution is -0.132. The maximum Gasteiger partial charge on any atom is 0.239 e. The molecule has 1 aromatic carbocycles. The first-order chi connectivity index (χ1) is 9.56. The number of nitrogens with one attached hydrogen (secondary N) is 2. The van der Waals surface area contributed by atoms with Crippen LogP contribution in [0.25, 0.3) is 0 Å². The number of halogens is 1. The molecule has 6 heteroatoms. The van der Waals surface area contributed by atoms with Crippen molar-refractivity contribution in [3.8, 4) is 0 Å². The van der Waals surface area contributed by atoms with Crippen LogP contribution in [0, 0.1) is 5.82 Å². The fraction of sp³-hybridized carbons (Fsp3) is 0.429. The molecule has 0 bridgehead atoms. The molecule has 1 atom stereocenters. The lowest BCUT2D eigenvalue weighted by Gasteiger charge is -2.32. The molecule has 1 saturated heterocycles. The van der Waals surface area contributed by atoms with Gasteiger partial charge in [-0.25, -0.2) is 4.39 Å². The van der Waals surface area contributed by atoms with Gasteiger partial charge >= 0.3 is 0 Å². The fourth-order valence-electron chi connectivity index (χ4n) is 2.17. The molecule has 5 nitrogen and oxygen atoms in total. The van der Waals surface area contributed by atoms with Crippen LogP contribution in [0.2, 0.25) is 0 Å². The number of piperazine rings is 1. The van der Waals surface area contributed by atoms with E-state index < -0.39 is 6.04 Å². The Bertz CT molecular complexity index is 507. The van der Waals surface area contributed by atoms with E-state index in [9.17, 15) is 14.0 Å². The van der Waals surface area contributed by atoms with Gasteiger partial charge in [0.05, 0.1) is 0 Å². The van der Waals surface area contributed by atoms with E-state index in [1.54, 1.807) is 17.0 Å². The SMILES string of the molecule is CC(=O)N1CCNC(C(=O)NCc2cccc(F)c2)C1. The number of nitrogens with zero attached hydrogens (tertiary/aromatic N) is 1. The van der Waals surface area contributed by atoms with Gasteiger partial charge in [-0.1, -0.05) is 12.1 Å². The van der Waals surface area contributed by atoms with Crippen LogP contribution in [0.1, 0.15) is 12.5 Å². The van der Waals surface area contributed by atoms with E-state index >= 15 is 0 Å². The number of hydrogen-bond donors (Lipinski definition) is 2. The summed E-state index contributed by atoms with van der Waals surface area (Å²) in [6.45, 7) is 3.34. The lowest BCUT2D eigenvalue weighted by atomic mass is 10.1. The van der Waals surface area contributed by atoms with Gasteiger partial charge in [0.25, 0.3) is 0 Å². The number of amides is 2. The predicted molar refractivity (Wildman–Crippen MR) is 72.3 cm³/mol. The van der Waals surface area contributed by atoms with Crippen molar-refractivity contribution < 1.29 is 14.0 Å². The minimum Gasteiger partial charge on any atom is -0.351 e. The Morgan fingerprint density at radius 1 is 1.50 bits per heavy atom. The molecule has 20 heavy (non-hydrogen) atoms. The second kappa shape index (κ2) is 6.47. The van der Waals surface area contributed by atoms with Gasteiger partial charge in [0, 0.05) is 33.1 Å². The molecule has 0 aromatic heterocycles. The van der Waals surface area contributed by atoms with Crippen LogP contribution >= 0.6 is 0 Å². The summed E-state index contributed by atoms with van der Waals surface area (Å²) >= 11 is 0. The summed E-state index contributed by atoms with van der Waals surface area (Å²) in [5.41, 5.74) is 0.706. The second-order valence-corrected chi connectivity index (χ2v) is 4.82. The third-order valence-corrected chi connectivity index (χ3v) is 3.29. The van der Waals surface area contributed by atoms with E-state index in [0.29, 0.717) is 25.2 Å². The molecule has 1 aromatic rings. The first-order valence-electron chi connectivity index (χ1n) is 6.57. The van der Waals surface area contributed by atoms with Gasteiger partial charge in [-0.05, 0) is 17.7 Å². The molecule has 2 amide bonds. The Hall–Kier alpha value is -1.95.